The molecule has 0 aliphatic heterocycles. The maximum atomic E-state index is 12.5. The number of hydrogen-bond acceptors (Lipinski definition) is 5. The maximum Gasteiger partial charge on any atom is 0.407 e. The molecule has 0 aromatic heterocycles. The SMILES string of the molecule is CC(C)(C)OC(=O)NCCCCCCCNS(=O)(=O)c1ccc(SCc2ccccc2)cc1. The monoisotopic (exact) mass is 492 g/mol. The third-order valence-electron chi connectivity index (χ3n) is 4.70. The van der Waals surface area contributed by atoms with Crippen molar-refractivity contribution in [3.63, 3.8) is 0 Å². The van der Waals surface area contributed by atoms with Crippen molar-refractivity contribution in [1.29, 1.82) is 0 Å². The lowest BCUT2D eigenvalue weighted by atomic mass is 10.1. The normalized spacial score (nSPS) is 11.8. The quantitative estimate of drug-likeness (QED) is 0.275. The van der Waals surface area contributed by atoms with E-state index in [1.807, 2.05) is 51.1 Å². The number of rotatable bonds is 13. The van der Waals surface area contributed by atoms with Gasteiger partial charge in [0.25, 0.3) is 0 Å². The Labute approximate surface area is 202 Å². The molecular weight excluding hydrogens is 456 g/mol. The van der Waals surface area contributed by atoms with Gasteiger partial charge in [0, 0.05) is 23.7 Å². The molecule has 182 valence electrons. The first-order chi connectivity index (χ1) is 15.7. The molecule has 1 amide bonds. The first-order valence-electron chi connectivity index (χ1n) is 11.4. The Hall–Kier alpha value is -2.03. The van der Waals surface area contributed by atoms with Crippen molar-refractivity contribution >= 4 is 27.9 Å². The topological polar surface area (TPSA) is 84.5 Å². The molecule has 0 aliphatic carbocycles. The lowest BCUT2D eigenvalue weighted by Crippen LogP contribution is -2.32. The van der Waals surface area contributed by atoms with E-state index in [0.29, 0.717) is 18.0 Å². The third-order valence-corrected chi connectivity index (χ3v) is 7.26. The Balaban J connectivity index is 1.58. The van der Waals surface area contributed by atoms with Crippen LogP contribution in [0.25, 0.3) is 0 Å². The van der Waals surface area contributed by atoms with E-state index in [1.54, 1.807) is 23.9 Å². The van der Waals surface area contributed by atoms with Crippen molar-refractivity contribution in [2.24, 2.45) is 0 Å². The van der Waals surface area contributed by atoms with Crippen molar-refractivity contribution in [1.82, 2.24) is 10.0 Å². The summed E-state index contributed by atoms with van der Waals surface area (Å²) in [5, 5.41) is 2.75. The van der Waals surface area contributed by atoms with E-state index >= 15 is 0 Å². The van der Waals surface area contributed by atoms with Crippen LogP contribution in [0.1, 0.15) is 58.4 Å². The summed E-state index contributed by atoms with van der Waals surface area (Å²) >= 11 is 1.68. The predicted molar refractivity (Wildman–Crippen MR) is 135 cm³/mol. The summed E-state index contributed by atoms with van der Waals surface area (Å²) in [7, 11) is -3.49. The van der Waals surface area contributed by atoms with E-state index in [1.165, 1.54) is 5.56 Å². The van der Waals surface area contributed by atoms with Crippen LogP contribution in [-0.2, 0) is 20.5 Å². The van der Waals surface area contributed by atoms with Gasteiger partial charge in [0.2, 0.25) is 10.0 Å². The highest BCUT2D eigenvalue weighted by Gasteiger charge is 2.15. The summed E-state index contributed by atoms with van der Waals surface area (Å²) in [5.74, 6) is 0.849. The Morgan fingerprint density at radius 2 is 1.48 bits per heavy atom. The summed E-state index contributed by atoms with van der Waals surface area (Å²) < 4.78 is 32.8. The van der Waals surface area contributed by atoms with Crippen LogP contribution in [-0.4, -0.2) is 33.2 Å². The van der Waals surface area contributed by atoms with Gasteiger partial charge in [0.15, 0.2) is 0 Å². The Morgan fingerprint density at radius 1 is 0.879 bits per heavy atom. The Morgan fingerprint density at radius 3 is 2.12 bits per heavy atom. The number of ether oxygens (including phenoxy) is 1. The fourth-order valence-corrected chi connectivity index (χ4v) is 4.96. The first kappa shape index (κ1) is 27.2. The van der Waals surface area contributed by atoms with Gasteiger partial charge >= 0.3 is 6.09 Å². The number of sulfonamides is 1. The molecule has 0 atom stereocenters. The number of amides is 1. The van der Waals surface area contributed by atoms with E-state index in [-0.39, 0.29) is 6.09 Å². The van der Waals surface area contributed by atoms with Crippen LogP contribution in [0.5, 0.6) is 0 Å². The fourth-order valence-electron chi connectivity index (χ4n) is 3.03. The molecule has 6 nitrogen and oxygen atoms in total. The molecule has 0 unspecified atom stereocenters. The van der Waals surface area contributed by atoms with E-state index in [9.17, 15) is 13.2 Å². The van der Waals surface area contributed by atoms with Crippen molar-refractivity contribution in [2.75, 3.05) is 13.1 Å². The predicted octanol–water partition coefficient (Wildman–Crippen LogP) is 5.73. The van der Waals surface area contributed by atoms with E-state index in [4.69, 9.17) is 4.74 Å². The minimum Gasteiger partial charge on any atom is -0.444 e. The molecule has 0 heterocycles. The molecule has 2 aromatic carbocycles. The summed E-state index contributed by atoms with van der Waals surface area (Å²) in [6, 6.07) is 17.2. The van der Waals surface area contributed by atoms with Gasteiger partial charge in [-0.3, -0.25) is 0 Å². The molecule has 2 rings (SSSR count). The van der Waals surface area contributed by atoms with Gasteiger partial charge in [-0.25, -0.2) is 17.9 Å². The van der Waals surface area contributed by atoms with Crippen molar-refractivity contribution < 1.29 is 17.9 Å². The second kappa shape index (κ2) is 13.6. The fraction of sp³-hybridized carbons (Fsp3) is 0.480. The van der Waals surface area contributed by atoms with Crippen LogP contribution in [0, 0.1) is 0 Å². The molecule has 2 aromatic rings. The second-order valence-corrected chi connectivity index (χ2v) is 11.7. The number of benzene rings is 2. The van der Waals surface area contributed by atoms with Gasteiger partial charge in [-0.2, -0.15) is 0 Å². The van der Waals surface area contributed by atoms with Crippen molar-refractivity contribution in [3.05, 3.63) is 60.2 Å². The molecule has 8 heteroatoms. The summed E-state index contributed by atoms with van der Waals surface area (Å²) in [6.07, 6.45) is 4.17. The number of nitrogens with one attached hydrogen (secondary N) is 2. The number of thioether (sulfide) groups is 1. The largest absolute Gasteiger partial charge is 0.444 e. The van der Waals surface area contributed by atoms with Crippen molar-refractivity contribution in [2.45, 2.75) is 74.0 Å². The standard InChI is InChI=1S/C25H36N2O4S2/c1-25(2,3)31-24(28)26-18-10-5-4-6-11-19-27-33(29,30)23-16-14-22(15-17-23)32-20-21-12-8-7-9-13-21/h7-9,12-17,27H,4-6,10-11,18-20H2,1-3H3,(H,26,28). The third kappa shape index (κ3) is 11.6. The molecule has 33 heavy (non-hydrogen) atoms. The molecule has 0 spiro atoms. The molecule has 0 saturated heterocycles. The van der Waals surface area contributed by atoms with Gasteiger partial charge in [-0.15, -0.1) is 11.8 Å². The van der Waals surface area contributed by atoms with E-state index < -0.39 is 15.6 Å². The van der Waals surface area contributed by atoms with Crippen molar-refractivity contribution in [3.8, 4) is 0 Å². The summed E-state index contributed by atoms with van der Waals surface area (Å²) in [5.41, 5.74) is 0.751. The van der Waals surface area contributed by atoms with E-state index in [0.717, 1.165) is 42.8 Å². The van der Waals surface area contributed by atoms with Gasteiger partial charge in [0.1, 0.15) is 5.60 Å². The number of carbonyl (C=O) groups excluding carboxylic acids is 1. The van der Waals surface area contributed by atoms with Crippen LogP contribution >= 0.6 is 11.8 Å². The summed E-state index contributed by atoms with van der Waals surface area (Å²) in [6.45, 7) is 6.51. The Kier molecular flexibility index (Phi) is 11.2. The second-order valence-electron chi connectivity index (χ2n) is 8.84. The smallest absolute Gasteiger partial charge is 0.407 e. The van der Waals surface area contributed by atoms with Gasteiger partial charge in [-0.05, 0) is 63.4 Å². The Bertz CT molecular complexity index is 941. The van der Waals surface area contributed by atoms with Crippen LogP contribution < -0.4 is 10.0 Å². The van der Waals surface area contributed by atoms with Gasteiger partial charge in [0.05, 0.1) is 4.90 Å². The molecular formula is C25H36N2O4S2. The highest BCUT2D eigenvalue weighted by atomic mass is 32.2. The minimum absolute atomic E-state index is 0.291. The zero-order valence-corrected chi connectivity index (χ0v) is 21.4. The van der Waals surface area contributed by atoms with Gasteiger partial charge < -0.3 is 10.1 Å². The van der Waals surface area contributed by atoms with Crippen LogP contribution in [0.3, 0.4) is 0 Å². The highest BCUT2D eigenvalue weighted by Crippen LogP contribution is 2.24. The van der Waals surface area contributed by atoms with Gasteiger partial charge in [-0.1, -0.05) is 49.6 Å². The number of hydrogen-bond donors (Lipinski definition) is 2. The van der Waals surface area contributed by atoms with Crippen LogP contribution in [0.15, 0.2) is 64.4 Å². The molecule has 0 fully saturated rings. The average molecular weight is 493 g/mol. The molecule has 0 aliphatic rings. The zero-order valence-electron chi connectivity index (χ0n) is 19.8. The molecule has 0 radical (unpaired) electrons. The minimum atomic E-state index is -3.49. The molecule has 0 bridgehead atoms. The lowest BCUT2D eigenvalue weighted by Gasteiger charge is -2.19. The maximum absolute atomic E-state index is 12.5. The summed E-state index contributed by atoms with van der Waals surface area (Å²) in [4.78, 5) is 12.9. The first-order valence-corrected chi connectivity index (χ1v) is 13.9. The average Bonchev–Trinajstić information content (AvgIpc) is 2.76. The lowest BCUT2D eigenvalue weighted by molar-refractivity contribution is 0.0527. The van der Waals surface area contributed by atoms with Crippen LogP contribution in [0.4, 0.5) is 4.79 Å². The highest BCUT2D eigenvalue weighted by molar-refractivity contribution is 7.98. The van der Waals surface area contributed by atoms with E-state index in [2.05, 4.69) is 22.2 Å². The zero-order chi connectivity index (χ0) is 24.2. The molecule has 2 N–H and O–H groups in total. The number of unbranched alkanes of at least 4 members (excludes halogenated alkanes) is 4. The molecule has 0 saturated carbocycles. The van der Waals surface area contributed by atoms with Crippen LogP contribution in [0.2, 0.25) is 0 Å². The number of carbonyl (C=O) groups is 1. The number of alkyl carbamates (subject to hydrolysis) is 1.